The number of ether oxygens (including phenoxy) is 1. The van der Waals surface area contributed by atoms with Crippen LogP contribution in [0.5, 0.6) is 5.75 Å². The third-order valence-corrected chi connectivity index (χ3v) is 4.81. The molecule has 0 unspecified atom stereocenters. The lowest BCUT2D eigenvalue weighted by Crippen LogP contribution is -2.36. The van der Waals surface area contributed by atoms with Crippen molar-refractivity contribution in [1.82, 2.24) is 4.90 Å². The molecule has 1 atom stereocenters. The van der Waals surface area contributed by atoms with Gasteiger partial charge in [-0.3, -0.25) is 4.90 Å². The first-order valence-corrected chi connectivity index (χ1v) is 8.09. The molecule has 2 aromatic rings. The lowest BCUT2D eigenvalue weighted by Gasteiger charge is -2.33. The molecule has 1 aromatic heterocycles. The summed E-state index contributed by atoms with van der Waals surface area (Å²) in [7, 11) is 1.36. The molecule has 3 rings (SSSR count). The number of carbonyl (C=O) groups excluding carboxylic acids is 1. The summed E-state index contributed by atoms with van der Waals surface area (Å²) in [5.74, 6) is 0.284. The number of benzene rings is 1. The number of phenols is 1. The Kier molecular flexibility index (Phi) is 4.31. The number of nitrogens with zero attached hydrogens (tertiary/aromatic N) is 1. The van der Waals surface area contributed by atoms with Crippen molar-refractivity contribution in [2.24, 2.45) is 0 Å². The maximum absolute atomic E-state index is 12.2. The fourth-order valence-electron chi connectivity index (χ4n) is 3.47. The van der Waals surface area contributed by atoms with Crippen molar-refractivity contribution in [3.05, 3.63) is 29.0 Å². The zero-order chi connectivity index (χ0) is 16.6. The highest BCUT2D eigenvalue weighted by Crippen LogP contribution is 2.35. The molecular formula is C18H23NO4. The highest BCUT2D eigenvalue weighted by atomic mass is 16.5. The van der Waals surface area contributed by atoms with E-state index in [0.717, 1.165) is 24.9 Å². The normalized spacial score (nSPS) is 19.2. The summed E-state index contributed by atoms with van der Waals surface area (Å²) in [5.41, 5.74) is 1.77. The standard InChI is InChI=1S/C18H23NO4/c1-11-6-4-5-9-19(11)10-13-14(20)7-8-15-17(13)16(12(2)23-15)18(21)22-3/h7-8,11,20H,4-6,9-10H2,1-3H3/t11-/m0/s1. The quantitative estimate of drug-likeness (QED) is 0.876. The van der Waals surface area contributed by atoms with Gasteiger partial charge in [0.25, 0.3) is 0 Å². The molecule has 0 amide bonds. The highest BCUT2D eigenvalue weighted by Gasteiger charge is 2.26. The highest BCUT2D eigenvalue weighted by molar-refractivity contribution is 6.06. The Hall–Kier alpha value is -2.01. The van der Waals surface area contributed by atoms with Gasteiger partial charge in [0.15, 0.2) is 0 Å². The van der Waals surface area contributed by atoms with Crippen LogP contribution in [0.2, 0.25) is 0 Å². The Morgan fingerprint density at radius 3 is 2.91 bits per heavy atom. The number of hydrogen-bond donors (Lipinski definition) is 1. The Balaban J connectivity index is 2.11. The molecule has 1 aromatic carbocycles. The van der Waals surface area contributed by atoms with E-state index in [1.54, 1.807) is 19.1 Å². The second-order valence-electron chi connectivity index (χ2n) is 6.28. The number of aromatic hydroxyl groups is 1. The van der Waals surface area contributed by atoms with Gasteiger partial charge in [-0.2, -0.15) is 0 Å². The second-order valence-corrected chi connectivity index (χ2v) is 6.28. The van der Waals surface area contributed by atoms with Gasteiger partial charge < -0.3 is 14.3 Å². The van der Waals surface area contributed by atoms with Crippen molar-refractivity contribution >= 4 is 16.9 Å². The van der Waals surface area contributed by atoms with E-state index in [1.807, 2.05) is 0 Å². The summed E-state index contributed by atoms with van der Waals surface area (Å²) >= 11 is 0. The summed E-state index contributed by atoms with van der Waals surface area (Å²) in [6.07, 6.45) is 3.56. The van der Waals surface area contributed by atoms with Gasteiger partial charge in [0, 0.05) is 23.5 Å². The molecule has 1 aliphatic heterocycles. The maximum atomic E-state index is 12.2. The van der Waals surface area contributed by atoms with E-state index in [2.05, 4.69) is 11.8 Å². The molecule has 0 saturated carbocycles. The molecule has 5 nitrogen and oxygen atoms in total. The third kappa shape index (κ3) is 2.81. The van der Waals surface area contributed by atoms with E-state index in [0.29, 0.717) is 34.9 Å². The van der Waals surface area contributed by atoms with Gasteiger partial charge in [-0.25, -0.2) is 4.79 Å². The minimum Gasteiger partial charge on any atom is -0.508 e. The third-order valence-electron chi connectivity index (χ3n) is 4.81. The topological polar surface area (TPSA) is 62.9 Å². The molecule has 2 heterocycles. The summed E-state index contributed by atoms with van der Waals surface area (Å²) in [5, 5.41) is 11.1. The first kappa shape index (κ1) is 15.9. The van der Waals surface area contributed by atoms with Crippen LogP contribution in [0.25, 0.3) is 11.0 Å². The van der Waals surface area contributed by atoms with Gasteiger partial charge >= 0.3 is 5.97 Å². The van der Waals surface area contributed by atoms with Crippen LogP contribution in [0.15, 0.2) is 16.5 Å². The average molecular weight is 317 g/mol. The first-order chi connectivity index (χ1) is 11.0. The molecule has 124 valence electrons. The fourth-order valence-corrected chi connectivity index (χ4v) is 3.47. The van der Waals surface area contributed by atoms with Crippen LogP contribution in [-0.2, 0) is 11.3 Å². The summed E-state index contributed by atoms with van der Waals surface area (Å²) in [6, 6.07) is 3.80. The minimum atomic E-state index is -0.431. The summed E-state index contributed by atoms with van der Waals surface area (Å²) in [4.78, 5) is 14.5. The number of methoxy groups -OCH3 is 1. The van der Waals surface area contributed by atoms with Crippen molar-refractivity contribution < 1.29 is 19.1 Å². The molecule has 1 fully saturated rings. The number of aryl methyl sites for hydroxylation is 1. The van der Waals surface area contributed by atoms with Gasteiger partial charge in [-0.1, -0.05) is 6.42 Å². The Morgan fingerprint density at radius 2 is 2.22 bits per heavy atom. The number of rotatable bonds is 3. The number of carbonyl (C=O) groups is 1. The average Bonchev–Trinajstić information content (AvgIpc) is 2.87. The minimum absolute atomic E-state index is 0.196. The Labute approximate surface area is 135 Å². The molecule has 1 saturated heterocycles. The zero-order valence-electron chi connectivity index (χ0n) is 13.9. The molecule has 0 aliphatic carbocycles. The maximum Gasteiger partial charge on any atom is 0.342 e. The number of phenolic OH excluding ortho intramolecular Hbond substituents is 1. The summed E-state index contributed by atoms with van der Waals surface area (Å²) < 4.78 is 10.6. The van der Waals surface area contributed by atoms with Crippen molar-refractivity contribution in [1.29, 1.82) is 0 Å². The number of fused-ring (bicyclic) bond motifs is 1. The van der Waals surface area contributed by atoms with E-state index >= 15 is 0 Å². The van der Waals surface area contributed by atoms with Gasteiger partial charge in [0.05, 0.1) is 7.11 Å². The smallest absolute Gasteiger partial charge is 0.342 e. The van der Waals surface area contributed by atoms with Crippen LogP contribution in [0, 0.1) is 6.92 Å². The fraction of sp³-hybridized carbons (Fsp3) is 0.500. The molecule has 5 heteroatoms. The van der Waals surface area contributed by atoms with Crippen LogP contribution in [0.3, 0.4) is 0 Å². The predicted molar refractivity (Wildman–Crippen MR) is 87.7 cm³/mol. The first-order valence-electron chi connectivity index (χ1n) is 8.09. The van der Waals surface area contributed by atoms with Crippen molar-refractivity contribution in [3.8, 4) is 5.75 Å². The molecule has 0 bridgehead atoms. The van der Waals surface area contributed by atoms with E-state index < -0.39 is 5.97 Å². The van der Waals surface area contributed by atoms with Crippen LogP contribution < -0.4 is 0 Å². The van der Waals surface area contributed by atoms with Gasteiger partial charge in [0.1, 0.15) is 22.7 Å². The van der Waals surface area contributed by atoms with E-state index in [-0.39, 0.29) is 5.75 Å². The Morgan fingerprint density at radius 1 is 1.43 bits per heavy atom. The van der Waals surface area contributed by atoms with Gasteiger partial charge in [-0.15, -0.1) is 0 Å². The van der Waals surface area contributed by atoms with Crippen LogP contribution in [-0.4, -0.2) is 35.7 Å². The van der Waals surface area contributed by atoms with Crippen molar-refractivity contribution in [2.45, 2.75) is 45.7 Å². The molecule has 23 heavy (non-hydrogen) atoms. The van der Waals surface area contributed by atoms with Crippen LogP contribution in [0.1, 0.15) is 47.9 Å². The van der Waals surface area contributed by atoms with Crippen LogP contribution in [0.4, 0.5) is 0 Å². The van der Waals surface area contributed by atoms with Gasteiger partial charge in [-0.05, 0) is 45.4 Å². The predicted octanol–water partition coefficient (Wildman–Crippen LogP) is 3.61. The largest absolute Gasteiger partial charge is 0.508 e. The van der Waals surface area contributed by atoms with E-state index in [4.69, 9.17) is 9.15 Å². The SMILES string of the molecule is COC(=O)c1c(C)oc2ccc(O)c(CN3CCCC[C@@H]3C)c12. The van der Waals surface area contributed by atoms with Crippen molar-refractivity contribution in [3.63, 3.8) is 0 Å². The lowest BCUT2D eigenvalue weighted by molar-refractivity contribution is 0.0600. The number of hydrogen-bond acceptors (Lipinski definition) is 5. The lowest BCUT2D eigenvalue weighted by atomic mass is 9.99. The second kappa shape index (κ2) is 6.24. The van der Waals surface area contributed by atoms with Gasteiger partial charge in [0.2, 0.25) is 0 Å². The number of piperidine rings is 1. The molecular weight excluding hydrogens is 294 g/mol. The molecule has 0 radical (unpaired) electrons. The van der Waals surface area contributed by atoms with E-state index in [1.165, 1.54) is 13.5 Å². The number of furan rings is 1. The van der Waals surface area contributed by atoms with Crippen molar-refractivity contribution in [2.75, 3.05) is 13.7 Å². The zero-order valence-corrected chi connectivity index (χ0v) is 13.9. The van der Waals surface area contributed by atoms with E-state index in [9.17, 15) is 9.90 Å². The summed E-state index contributed by atoms with van der Waals surface area (Å²) in [6.45, 7) is 5.56. The molecule has 0 spiro atoms. The molecule has 1 N–H and O–H groups in total. The number of esters is 1. The Bertz CT molecular complexity index is 734. The monoisotopic (exact) mass is 317 g/mol. The van der Waals surface area contributed by atoms with Crippen LogP contribution >= 0.6 is 0 Å². The molecule has 1 aliphatic rings. The number of likely N-dealkylation sites (tertiary alicyclic amines) is 1.